The number of Topliss-reactive ketones (excluding diaryl/α,β-unsaturated/α-hetero) is 1. The van der Waals surface area contributed by atoms with Gasteiger partial charge < -0.3 is 14.7 Å². The first-order chi connectivity index (χ1) is 8.96. The second kappa shape index (κ2) is 5.80. The fourth-order valence-electron chi connectivity index (χ4n) is 1.47. The van der Waals surface area contributed by atoms with E-state index in [1.807, 2.05) is 0 Å². The molecule has 8 nitrogen and oxygen atoms in total. The number of ketones is 1. The first kappa shape index (κ1) is 14.4. The van der Waals surface area contributed by atoms with E-state index in [0.29, 0.717) is 0 Å². The monoisotopic (exact) mass is 268 g/mol. The van der Waals surface area contributed by atoms with Crippen LogP contribution in [0, 0.1) is 10.1 Å². The van der Waals surface area contributed by atoms with E-state index in [1.165, 1.54) is 27.2 Å². The molecule has 0 aliphatic rings. The molecule has 0 amide bonds. The quantitative estimate of drug-likeness (QED) is 0.285. The summed E-state index contributed by atoms with van der Waals surface area (Å²) in [7, 11) is 2.55. The summed E-state index contributed by atoms with van der Waals surface area (Å²) < 4.78 is 9.84. The van der Waals surface area contributed by atoms with Crippen LogP contribution < -0.4 is 9.47 Å². The third kappa shape index (κ3) is 2.79. The highest BCUT2D eigenvalue weighted by molar-refractivity contribution is 6.45. The average Bonchev–Trinajstić information content (AvgIpc) is 2.43. The molecule has 0 aliphatic carbocycles. The van der Waals surface area contributed by atoms with Crippen LogP contribution in [0.5, 0.6) is 11.5 Å². The molecule has 0 unspecified atom stereocenters. The first-order valence-electron chi connectivity index (χ1n) is 5.10. The largest absolute Gasteiger partial charge is 0.493 e. The van der Waals surface area contributed by atoms with E-state index in [1.54, 1.807) is 0 Å². The Morgan fingerprint density at radius 2 is 2.00 bits per heavy atom. The number of rotatable bonds is 5. The van der Waals surface area contributed by atoms with Gasteiger partial charge in [-0.05, 0) is 13.0 Å². The lowest BCUT2D eigenvalue weighted by Crippen LogP contribution is -2.11. The number of nitrogens with zero attached hydrogens (tertiary/aromatic N) is 2. The van der Waals surface area contributed by atoms with Crippen LogP contribution in [0.2, 0.25) is 0 Å². The van der Waals surface area contributed by atoms with E-state index < -0.39 is 16.4 Å². The maximum Gasteiger partial charge on any atom is 0.315 e. The Morgan fingerprint density at radius 3 is 2.42 bits per heavy atom. The molecule has 0 radical (unpaired) electrons. The minimum atomic E-state index is -0.691. The zero-order chi connectivity index (χ0) is 14.6. The number of hydrogen-bond acceptors (Lipinski definition) is 7. The standard InChI is InChI=1S/C11H12N2O6/c1-6(12-15)10(14)7-4-8(13(16)17)11(19-3)9(5-7)18-2/h4-5,15H,1-3H3/b12-6-. The Labute approximate surface area is 108 Å². The summed E-state index contributed by atoms with van der Waals surface area (Å²) in [4.78, 5) is 22.1. The topological polar surface area (TPSA) is 111 Å². The summed E-state index contributed by atoms with van der Waals surface area (Å²) in [5.74, 6) is -0.681. The molecule has 0 spiro atoms. The van der Waals surface area contributed by atoms with Crippen molar-refractivity contribution in [3.63, 3.8) is 0 Å². The number of ether oxygens (including phenoxy) is 2. The fraction of sp³-hybridized carbons (Fsp3) is 0.273. The van der Waals surface area contributed by atoms with Gasteiger partial charge in [0.15, 0.2) is 5.75 Å². The van der Waals surface area contributed by atoms with Crippen LogP contribution >= 0.6 is 0 Å². The Kier molecular flexibility index (Phi) is 4.41. The van der Waals surface area contributed by atoms with Gasteiger partial charge in [0.25, 0.3) is 0 Å². The third-order valence-corrected chi connectivity index (χ3v) is 2.40. The van der Waals surface area contributed by atoms with Crippen molar-refractivity contribution in [1.82, 2.24) is 0 Å². The molecule has 1 rings (SSSR count). The zero-order valence-corrected chi connectivity index (χ0v) is 10.5. The lowest BCUT2D eigenvalue weighted by molar-refractivity contribution is -0.385. The van der Waals surface area contributed by atoms with Crippen molar-refractivity contribution in [2.45, 2.75) is 6.92 Å². The molecule has 1 aromatic carbocycles. The van der Waals surface area contributed by atoms with Gasteiger partial charge in [-0.2, -0.15) is 0 Å². The fourth-order valence-corrected chi connectivity index (χ4v) is 1.47. The molecular weight excluding hydrogens is 256 g/mol. The maximum absolute atomic E-state index is 11.8. The summed E-state index contributed by atoms with van der Waals surface area (Å²) >= 11 is 0. The highest BCUT2D eigenvalue weighted by Gasteiger charge is 2.24. The van der Waals surface area contributed by atoms with Gasteiger partial charge in [-0.15, -0.1) is 0 Å². The second-order valence-electron chi connectivity index (χ2n) is 3.50. The minimum Gasteiger partial charge on any atom is -0.493 e. The Balaban J connectivity index is 3.49. The normalized spacial score (nSPS) is 11.0. The van der Waals surface area contributed by atoms with Crippen LogP contribution in [0.4, 0.5) is 5.69 Å². The minimum absolute atomic E-state index is 0.0281. The van der Waals surface area contributed by atoms with Gasteiger partial charge in [0.2, 0.25) is 11.5 Å². The van der Waals surface area contributed by atoms with Crippen molar-refractivity contribution in [3.05, 3.63) is 27.8 Å². The van der Waals surface area contributed by atoms with Crippen molar-refractivity contribution < 1.29 is 24.4 Å². The molecule has 102 valence electrons. The van der Waals surface area contributed by atoms with Crippen molar-refractivity contribution in [3.8, 4) is 11.5 Å². The van der Waals surface area contributed by atoms with Crippen LogP contribution in [-0.2, 0) is 0 Å². The molecular formula is C11H12N2O6. The lowest BCUT2D eigenvalue weighted by Gasteiger charge is -2.09. The molecule has 1 aromatic rings. The number of carbonyl (C=O) groups excluding carboxylic acids is 1. The Bertz CT molecular complexity index is 552. The molecule has 0 heterocycles. The smallest absolute Gasteiger partial charge is 0.315 e. The molecule has 0 saturated carbocycles. The lowest BCUT2D eigenvalue weighted by atomic mass is 10.1. The van der Waals surface area contributed by atoms with E-state index in [0.717, 1.165) is 6.07 Å². The van der Waals surface area contributed by atoms with Crippen LogP contribution in [0.25, 0.3) is 0 Å². The summed E-state index contributed by atoms with van der Waals surface area (Å²) in [6.07, 6.45) is 0. The number of methoxy groups -OCH3 is 2. The highest BCUT2D eigenvalue weighted by atomic mass is 16.6. The molecule has 8 heteroatoms. The van der Waals surface area contributed by atoms with Crippen LogP contribution in [-0.4, -0.2) is 35.8 Å². The van der Waals surface area contributed by atoms with E-state index in [9.17, 15) is 14.9 Å². The van der Waals surface area contributed by atoms with E-state index in [-0.39, 0.29) is 22.8 Å². The molecule has 0 fully saturated rings. The molecule has 19 heavy (non-hydrogen) atoms. The van der Waals surface area contributed by atoms with E-state index >= 15 is 0 Å². The molecule has 0 saturated heterocycles. The Morgan fingerprint density at radius 1 is 1.37 bits per heavy atom. The van der Waals surface area contributed by atoms with Crippen molar-refractivity contribution in [2.24, 2.45) is 5.16 Å². The highest BCUT2D eigenvalue weighted by Crippen LogP contribution is 2.38. The van der Waals surface area contributed by atoms with E-state index in [2.05, 4.69) is 5.16 Å². The van der Waals surface area contributed by atoms with Gasteiger partial charge in [0.05, 0.1) is 19.1 Å². The van der Waals surface area contributed by atoms with E-state index in [4.69, 9.17) is 14.7 Å². The summed E-state index contributed by atoms with van der Waals surface area (Å²) in [6.45, 7) is 1.28. The van der Waals surface area contributed by atoms with Crippen LogP contribution in [0.1, 0.15) is 17.3 Å². The predicted molar refractivity (Wildman–Crippen MR) is 65.4 cm³/mol. The third-order valence-electron chi connectivity index (χ3n) is 2.40. The van der Waals surface area contributed by atoms with Gasteiger partial charge in [-0.1, -0.05) is 5.16 Å². The molecule has 0 atom stereocenters. The van der Waals surface area contributed by atoms with Gasteiger partial charge in [0.1, 0.15) is 5.71 Å². The number of nitro benzene ring substituents is 1. The van der Waals surface area contributed by atoms with Gasteiger partial charge in [0, 0.05) is 11.6 Å². The number of carbonyl (C=O) groups is 1. The maximum atomic E-state index is 11.8. The second-order valence-corrected chi connectivity index (χ2v) is 3.50. The predicted octanol–water partition coefficient (Wildman–Crippen LogP) is 1.64. The number of oxime groups is 1. The molecule has 0 aromatic heterocycles. The molecule has 0 bridgehead atoms. The summed E-state index contributed by atoms with van der Waals surface area (Å²) in [5.41, 5.74) is -0.628. The van der Waals surface area contributed by atoms with Crippen LogP contribution in [0.3, 0.4) is 0 Å². The number of hydrogen-bond donors (Lipinski definition) is 1. The van der Waals surface area contributed by atoms with Gasteiger partial charge >= 0.3 is 5.69 Å². The number of nitro groups is 1. The van der Waals surface area contributed by atoms with Crippen LogP contribution in [0.15, 0.2) is 17.3 Å². The first-order valence-corrected chi connectivity index (χ1v) is 5.10. The van der Waals surface area contributed by atoms with Crippen molar-refractivity contribution in [2.75, 3.05) is 14.2 Å². The van der Waals surface area contributed by atoms with Gasteiger partial charge in [-0.3, -0.25) is 14.9 Å². The molecule has 0 aliphatic heterocycles. The Hall–Kier alpha value is -2.64. The summed E-state index contributed by atoms with van der Waals surface area (Å²) in [5, 5.41) is 22.3. The average molecular weight is 268 g/mol. The molecule has 1 N–H and O–H groups in total. The van der Waals surface area contributed by atoms with Crippen molar-refractivity contribution >= 4 is 17.2 Å². The summed E-state index contributed by atoms with van der Waals surface area (Å²) in [6, 6.07) is 2.32. The van der Waals surface area contributed by atoms with Gasteiger partial charge in [-0.25, -0.2) is 0 Å². The SMILES string of the molecule is COc1cc(C(=O)/C(C)=N\O)cc([N+](=O)[O-])c1OC. The van der Waals surface area contributed by atoms with Crippen molar-refractivity contribution in [1.29, 1.82) is 0 Å². The zero-order valence-electron chi connectivity index (χ0n) is 10.5. The number of benzene rings is 1.